The van der Waals surface area contributed by atoms with Crippen LogP contribution in [0.2, 0.25) is 0 Å². The molecule has 0 N–H and O–H groups in total. The summed E-state index contributed by atoms with van der Waals surface area (Å²) in [6.45, 7) is 8.38. The topological polar surface area (TPSA) is 29.0 Å². The van der Waals surface area contributed by atoms with Gasteiger partial charge in [-0.2, -0.15) is 0 Å². The summed E-state index contributed by atoms with van der Waals surface area (Å²) in [6.07, 6.45) is 1.66. The highest BCUT2D eigenvalue weighted by atomic mass is 32.1. The second-order valence-corrected chi connectivity index (χ2v) is 4.68. The molecule has 0 aromatic carbocycles. The van der Waals surface area contributed by atoms with Crippen molar-refractivity contribution in [1.82, 2.24) is 9.97 Å². The molecular weight excluding hydrogens is 206 g/mol. The monoisotopic (exact) mass is 221 g/mol. The first-order valence-corrected chi connectivity index (χ1v) is 6.04. The molecule has 0 radical (unpaired) electrons. The first-order chi connectivity index (χ1) is 7.26. The maximum absolute atomic E-state index is 4.38. The maximum Gasteiger partial charge on any atom is 0.140 e. The number of anilines is 1. The molecular formula is C11H15N3S. The van der Waals surface area contributed by atoms with Gasteiger partial charge in [0, 0.05) is 18.0 Å². The summed E-state index contributed by atoms with van der Waals surface area (Å²) in [4.78, 5) is 13.3. The molecule has 0 bridgehead atoms. The van der Waals surface area contributed by atoms with Crippen molar-refractivity contribution in [2.24, 2.45) is 0 Å². The number of thiophene rings is 1. The van der Waals surface area contributed by atoms with E-state index < -0.39 is 0 Å². The molecule has 0 fully saturated rings. The third-order valence-corrected chi connectivity index (χ3v) is 3.45. The molecule has 0 unspecified atom stereocenters. The van der Waals surface area contributed by atoms with Crippen molar-refractivity contribution in [1.29, 1.82) is 0 Å². The average Bonchev–Trinajstić information content (AvgIpc) is 2.61. The number of hydrogen-bond donors (Lipinski definition) is 0. The first kappa shape index (κ1) is 10.4. The zero-order chi connectivity index (χ0) is 10.8. The van der Waals surface area contributed by atoms with Gasteiger partial charge in [0.2, 0.25) is 0 Å². The van der Waals surface area contributed by atoms with Crippen molar-refractivity contribution in [2.75, 3.05) is 18.0 Å². The van der Waals surface area contributed by atoms with E-state index in [-0.39, 0.29) is 0 Å². The molecule has 4 heteroatoms. The number of hydrogen-bond acceptors (Lipinski definition) is 4. The van der Waals surface area contributed by atoms with Crippen molar-refractivity contribution < 1.29 is 0 Å². The van der Waals surface area contributed by atoms with Gasteiger partial charge in [0.05, 0.1) is 5.39 Å². The fourth-order valence-electron chi connectivity index (χ4n) is 1.74. The molecule has 0 amide bonds. The van der Waals surface area contributed by atoms with Gasteiger partial charge in [-0.3, -0.25) is 0 Å². The predicted octanol–water partition coefficient (Wildman–Crippen LogP) is 2.85. The highest BCUT2D eigenvalue weighted by molar-refractivity contribution is 7.18. The summed E-state index contributed by atoms with van der Waals surface area (Å²) >= 11 is 1.73. The van der Waals surface area contributed by atoms with Crippen molar-refractivity contribution in [3.05, 3.63) is 17.3 Å². The van der Waals surface area contributed by atoms with Crippen LogP contribution >= 0.6 is 11.3 Å². The predicted molar refractivity (Wildman–Crippen MR) is 65.7 cm³/mol. The Morgan fingerprint density at radius 3 is 2.67 bits per heavy atom. The second kappa shape index (κ2) is 4.14. The molecule has 2 rings (SSSR count). The Bertz CT molecular complexity index is 460. The Morgan fingerprint density at radius 2 is 2.00 bits per heavy atom. The number of rotatable bonds is 3. The summed E-state index contributed by atoms with van der Waals surface area (Å²) in [6, 6.07) is 2.17. The summed E-state index contributed by atoms with van der Waals surface area (Å²) in [5.41, 5.74) is 0. The molecule has 0 saturated heterocycles. The van der Waals surface area contributed by atoms with Crippen molar-refractivity contribution in [3.63, 3.8) is 0 Å². The van der Waals surface area contributed by atoms with Gasteiger partial charge in [0.25, 0.3) is 0 Å². The van der Waals surface area contributed by atoms with E-state index in [0.717, 1.165) is 23.7 Å². The maximum atomic E-state index is 4.38. The lowest BCUT2D eigenvalue weighted by Crippen LogP contribution is -2.23. The van der Waals surface area contributed by atoms with E-state index in [2.05, 4.69) is 41.7 Å². The highest BCUT2D eigenvalue weighted by Crippen LogP contribution is 2.29. The summed E-state index contributed by atoms with van der Waals surface area (Å²) < 4.78 is 0. The standard InChI is InChI=1S/C11H15N3S/c1-4-14(5-2)10-9-6-8(3)15-11(9)13-7-12-10/h6-7H,4-5H2,1-3H3. The lowest BCUT2D eigenvalue weighted by atomic mass is 10.3. The van der Waals surface area contributed by atoms with E-state index in [1.165, 1.54) is 10.3 Å². The molecule has 3 nitrogen and oxygen atoms in total. The molecule has 0 aliphatic rings. The minimum atomic E-state index is 0.984. The molecule has 0 atom stereocenters. The van der Waals surface area contributed by atoms with Gasteiger partial charge in [-0.25, -0.2) is 9.97 Å². The van der Waals surface area contributed by atoms with E-state index in [4.69, 9.17) is 0 Å². The van der Waals surface area contributed by atoms with Gasteiger partial charge in [-0.1, -0.05) is 0 Å². The SMILES string of the molecule is CCN(CC)c1ncnc2sc(C)cc12. The third-order valence-electron chi connectivity index (χ3n) is 2.49. The van der Waals surface area contributed by atoms with Gasteiger partial charge in [-0.15, -0.1) is 11.3 Å². The van der Waals surface area contributed by atoms with E-state index in [0.29, 0.717) is 0 Å². The number of aryl methyl sites for hydroxylation is 1. The fourth-order valence-corrected chi connectivity index (χ4v) is 2.58. The normalized spacial score (nSPS) is 10.9. The van der Waals surface area contributed by atoms with E-state index in [9.17, 15) is 0 Å². The van der Waals surface area contributed by atoms with Crippen LogP contribution in [0.5, 0.6) is 0 Å². The van der Waals surface area contributed by atoms with Crippen molar-refractivity contribution in [3.8, 4) is 0 Å². The molecule has 80 valence electrons. The second-order valence-electron chi connectivity index (χ2n) is 3.45. The van der Waals surface area contributed by atoms with E-state index in [1.54, 1.807) is 17.7 Å². The van der Waals surface area contributed by atoms with Crippen LogP contribution in [-0.2, 0) is 0 Å². The van der Waals surface area contributed by atoms with Crippen LogP contribution in [0, 0.1) is 6.92 Å². The average molecular weight is 221 g/mol. The molecule has 0 aliphatic heterocycles. The quantitative estimate of drug-likeness (QED) is 0.798. The molecule has 2 aromatic rings. The van der Waals surface area contributed by atoms with Gasteiger partial charge in [0.15, 0.2) is 0 Å². The Hall–Kier alpha value is -1.16. The summed E-state index contributed by atoms with van der Waals surface area (Å²) in [7, 11) is 0. The van der Waals surface area contributed by atoms with Crippen LogP contribution in [0.3, 0.4) is 0 Å². The van der Waals surface area contributed by atoms with Gasteiger partial charge >= 0.3 is 0 Å². The first-order valence-electron chi connectivity index (χ1n) is 5.22. The molecule has 0 spiro atoms. The van der Waals surface area contributed by atoms with Gasteiger partial charge < -0.3 is 4.90 Å². The third kappa shape index (κ3) is 1.81. The van der Waals surface area contributed by atoms with Crippen LogP contribution in [-0.4, -0.2) is 23.1 Å². The molecule has 0 saturated carbocycles. The largest absolute Gasteiger partial charge is 0.357 e. The van der Waals surface area contributed by atoms with Crippen LogP contribution in [0.25, 0.3) is 10.2 Å². The Kier molecular flexibility index (Phi) is 2.86. The van der Waals surface area contributed by atoms with Crippen LogP contribution < -0.4 is 4.90 Å². The molecule has 0 aliphatic carbocycles. The Morgan fingerprint density at radius 1 is 1.27 bits per heavy atom. The summed E-state index contributed by atoms with van der Waals surface area (Å²) in [5.74, 6) is 1.06. The van der Waals surface area contributed by atoms with Crippen molar-refractivity contribution >= 4 is 27.4 Å². The minimum Gasteiger partial charge on any atom is -0.357 e. The fraction of sp³-hybridized carbons (Fsp3) is 0.455. The van der Waals surface area contributed by atoms with E-state index in [1.807, 2.05) is 0 Å². The number of nitrogens with zero attached hydrogens (tertiary/aromatic N) is 3. The summed E-state index contributed by atoms with van der Waals surface area (Å²) in [5, 5.41) is 1.18. The Labute approximate surface area is 93.8 Å². The molecule has 2 heterocycles. The zero-order valence-electron chi connectivity index (χ0n) is 9.32. The van der Waals surface area contributed by atoms with Crippen LogP contribution in [0.1, 0.15) is 18.7 Å². The molecule has 2 aromatic heterocycles. The van der Waals surface area contributed by atoms with Gasteiger partial charge in [-0.05, 0) is 26.8 Å². The zero-order valence-corrected chi connectivity index (χ0v) is 10.1. The Balaban J connectivity index is 2.58. The van der Waals surface area contributed by atoms with Crippen LogP contribution in [0.15, 0.2) is 12.4 Å². The number of fused-ring (bicyclic) bond motifs is 1. The van der Waals surface area contributed by atoms with E-state index >= 15 is 0 Å². The lowest BCUT2D eigenvalue weighted by Gasteiger charge is -2.19. The highest BCUT2D eigenvalue weighted by Gasteiger charge is 2.10. The minimum absolute atomic E-state index is 0.984. The smallest absolute Gasteiger partial charge is 0.140 e. The van der Waals surface area contributed by atoms with Crippen molar-refractivity contribution in [2.45, 2.75) is 20.8 Å². The van der Waals surface area contributed by atoms with Gasteiger partial charge in [0.1, 0.15) is 17.0 Å². The molecule has 15 heavy (non-hydrogen) atoms. The number of aromatic nitrogens is 2. The van der Waals surface area contributed by atoms with Crippen LogP contribution in [0.4, 0.5) is 5.82 Å². The lowest BCUT2D eigenvalue weighted by molar-refractivity contribution is 0.849.